The van der Waals surface area contributed by atoms with E-state index in [9.17, 15) is 4.79 Å². The predicted molar refractivity (Wildman–Crippen MR) is 65.4 cm³/mol. The molecule has 2 aromatic rings. The third kappa shape index (κ3) is 2.55. The van der Waals surface area contributed by atoms with Crippen LogP contribution in [0.15, 0.2) is 27.8 Å². The van der Waals surface area contributed by atoms with E-state index in [2.05, 4.69) is 15.1 Å². The zero-order chi connectivity index (χ0) is 13.1. The topological polar surface area (TPSA) is 83.0 Å². The summed E-state index contributed by atoms with van der Waals surface area (Å²) in [7, 11) is 0. The molecule has 0 aromatic carbocycles. The minimum atomic E-state index is -0.503. The molecule has 0 bridgehead atoms. The van der Waals surface area contributed by atoms with E-state index in [1.165, 1.54) is 4.57 Å². The smallest absolute Gasteiger partial charge is 0.376 e. The van der Waals surface area contributed by atoms with Gasteiger partial charge in [-0.1, -0.05) is 5.16 Å². The Morgan fingerprint density at radius 1 is 1.32 bits per heavy atom. The van der Waals surface area contributed by atoms with Crippen molar-refractivity contribution < 1.29 is 9.26 Å². The first kappa shape index (κ1) is 12.0. The van der Waals surface area contributed by atoms with Crippen LogP contribution in [0.2, 0.25) is 0 Å². The summed E-state index contributed by atoms with van der Waals surface area (Å²) in [6, 6.07) is 1.70. The lowest BCUT2D eigenvalue weighted by Gasteiger charge is -2.22. The van der Waals surface area contributed by atoms with Crippen molar-refractivity contribution in [2.75, 3.05) is 6.61 Å². The van der Waals surface area contributed by atoms with E-state index < -0.39 is 5.76 Å². The summed E-state index contributed by atoms with van der Waals surface area (Å²) in [5.41, 5.74) is 0. The molecule has 0 N–H and O–H groups in total. The van der Waals surface area contributed by atoms with Gasteiger partial charge in [-0.25, -0.2) is 14.8 Å². The van der Waals surface area contributed by atoms with Crippen molar-refractivity contribution in [1.82, 2.24) is 19.7 Å². The van der Waals surface area contributed by atoms with E-state index in [1.807, 2.05) is 0 Å². The van der Waals surface area contributed by atoms with Gasteiger partial charge >= 0.3 is 5.76 Å². The molecule has 1 saturated heterocycles. The molecular weight excluding hydrogens is 248 g/mol. The highest BCUT2D eigenvalue weighted by atomic mass is 16.5. The SMILES string of the molecule is O=c1onc(-c2ncccn2)n1CC1CCCCO1. The molecule has 7 nitrogen and oxygen atoms in total. The fourth-order valence-corrected chi connectivity index (χ4v) is 2.16. The third-order valence-corrected chi connectivity index (χ3v) is 3.11. The maximum Gasteiger partial charge on any atom is 0.442 e. The van der Waals surface area contributed by atoms with Crippen molar-refractivity contribution >= 4 is 0 Å². The molecule has 0 amide bonds. The highest BCUT2D eigenvalue weighted by molar-refractivity contribution is 5.41. The maximum absolute atomic E-state index is 11.7. The second-order valence-electron chi connectivity index (χ2n) is 4.44. The van der Waals surface area contributed by atoms with Crippen LogP contribution in [0.4, 0.5) is 0 Å². The van der Waals surface area contributed by atoms with Gasteiger partial charge in [0.15, 0.2) is 5.82 Å². The number of ether oxygens (including phenoxy) is 1. The quantitative estimate of drug-likeness (QED) is 0.816. The van der Waals surface area contributed by atoms with Gasteiger partial charge in [0, 0.05) is 19.0 Å². The third-order valence-electron chi connectivity index (χ3n) is 3.11. The monoisotopic (exact) mass is 262 g/mol. The number of rotatable bonds is 3. The van der Waals surface area contributed by atoms with Crippen molar-refractivity contribution in [1.29, 1.82) is 0 Å². The number of hydrogen-bond donors (Lipinski definition) is 0. The molecule has 0 spiro atoms. The molecule has 2 aromatic heterocycles. The van der Waals surface area contributed by atoms with Crippen LogP contribution in [0, 0.1) is 0 Å². The largest absolute Gasteiger partial charge is 0.442 e. The first-order valence-electron chi connectivity index (χ1n) is 6.30. The number of hydrogen-bond acceptors (Lipinski definition) is 6. The Morgan fingerprint density at radius 2 is 2.16 bits per heavy atom. The Labute approximate surface area is 109 Å². The molecule has 19 heavy (non-hydrogen) atoms. The van der Waals surface area contributed by atoms with Crippen LogP contribution in [-0.4, -0.2) is 32.4 Å². The summed E-state index contributed by atoms with van der Waals surface area (Å²) in [5.74, 6) is 0.223. The van der Waals surface area contributed by atoms with Crippen LogP contribution >= 0.6 is 0 Å². The van der Waals surface area contributed by atoms with Crippen LogP contribution in [0.1, 0.15) is 19.3 Å². The Hall–Kier alpha value is -2.02. The minimum absolute atomic E-state index is 0.0216. The Balaban J connectivity index is 1.88. The molecule has 0 aliphatic carbocycles. The van der Waals surface area contributed by atoms with Crippen molar-refractivity contribution in [3.8, 4) is 11.6 Å². The second kappa shape index (κ2) is 5.31. The second-order valence-corrected chi connectivity index (χ2v) is 4.44. The summed E-state index contributed by atoms with van der Waals surface area (Å²) < 4.78 is 11.8. The zero-order valence-corrected chi connectivity index (χ0v) is 10.4. The van der Waals surface area contributed by atoms with Crippen LogP contribution in [0.25, 0.3) is 11.6 Å². The van der Waals surface area contributed by atoms with E-state index in [-0.39, 0.29) is 6.10 Å². The molecule has 0 saturated carbocycles. The van der Waals surface area contributed by atoms with Gasteiger partial charge in [-0.15, -0.1) is 0 Å². The molecule has 1 fully saturated rings. The molecule has 3 rings (SSSR count). The van der Waals surface area contributed by atoms with Crippen LogP contribution < -0.4 is 5.76 Å². The van der Waals surface area contributed by atoms with Crippen molar-refractivity contribution in [2.45, 2.75) is 31.9 Å². The van der Waals surface area contributed by atoms with Gasteiger partial charge in [-0.2, -0.15) is 0 Å². The first-order valence-corrected chi connectivity index (χ1v) is 6.30. The lowest BCUT2D eigenvalue weighted by Crippen LogP contribution is -2.29. The fourth-order valence-electron chi connectivity index (χ4n) is 2.16. The average Bonchev–Trinajstić information content (AvgIpc) is 2.82. The van der Waals surface area contributed by atoms with E-state index in [1.54, 1.807) is 18.5 Å². The van der Waals surface area contributed by atoms with Gasteiger partial charge in [0.1, 0.15) is 0 Å². The normalized spacial score (nSPS) is 19.5. The standard InChI is InChI=1S/C12H14N4O3/c17-12-16(8-9-4-1-2-7-18-9)11(15-19-12)10-13-5-3-6-14-10/h3,5-6,9H,1-2,4,7-8H2. The van der Waals surface area contributed by atoms with Gasteiger partial charge in [0.25, 0.3) is 0 Å². The summed E-state index contributed by atoms with van der Waals surface area (Å²) in [6.07, 6.45) is 6.35. The summed E-state index contributed by atoms with van der Waals surface area (Å²) in [4.78, 5) is 19.9. The zero-order valence-electron chi connectivity index (χ0n) is 10.4. The van der Waals surface area contributed by atoms with Gasteiger partial charge in [0.05, 0.1) is 12.6 Å². The molecule has 0 radical (unpaired) electrons. The molecule has 3 heterocycles. The van der Waals surface area contributed by atoms with Crippen LogP contribution in [-0.2, 0) is 11.3 Å². The van der Waals surface area contributed by atoms with E-state index in [0.29, 0.717) is 18.2 Å². The molecule has 7 heteroatoms. The Bertz CT molecular complexity index is 587. The van der Waals surface area contributed by atoms with E-state index in [0.717, 1.165) is 25.9 Å². The fraction of sp³-hybridized carbons (Fsp3) is 0.500. The first-order chi connectivity index (χ1) is 9.34. The van der Waals surface area contributed by atoms with Gasteiger partial charge in [-0.05, 0) is 25.3 Å². The van der Waals surface area contributed by atoms with Crippen molar-refractivity contribution in [3.63, 3.8) is 0 Å². The van der Waals surface area contributed by atoms with E-state index >= 15 is 0 Å². The van der Waals surface area contributed by atoms with Gasteiger partial charge in [-0.3, -0.25) is 9.09 Å². The summed E-state index contributed by atoms with van der Waals surface area (Å²) in [6.45, 7) is 1.16. The Morgan fingerprint density at radius 3 is 2.89 bits per heavy atom. The maximum atomic E-state index is 11.7. The summed E-state index contributed by atoms with van der Waals surface area (Å²) in [5, 5.41) is 3.75. The summed E-state index contributed by atoms with van der Waals surface area (Å²) >= 11 is 0. The molecular formula is C12H14N4O3. The highest BCUT2D eigenvalue weighted by Gasteiger charge is 2.21. The number of nitrogens with zero attached hydrogens (tertiary/aromatic N) is 4. The molecule has 1 atom stereocenters. The average molecular weight is 262 g/mol. The van der Waals surface area contributed by atoms with Gasteiger partial charge < -0.3 is 4.74 Å². The van der Waals surface area contributed by atoms with Crippen LogP contribution in [0.3, 0.4) is 0 Å². The van der Waals surface area contributed by atoms with Crippen molar-refractivity contribution in [2.24, 2.45) is 0 Å². The molecule has 1 unspecified atom stereocenters. The Kier molecular flexibility index (Phi) is 3.37. The molecule has 1 aliphatic rings. The van der Waals surface area contributed by atoms with Gasteiger partial charge in [0.2, 0.25) is 5.82 Å². The lowest BCUT2D eigenvalue weighted by molar-refractivity contribution is 0.00519. The lowest BCUT2D eigenvalue weighted by atomic mass is 10.1. The highest BCUT2D eigenvalue weighted by Crippen LogP contribution is 2.16. The molecule has 1 aliphatic heterocycles. The van der Waals surface area contributed by atoms with Crippen molar-refractivity contribution in [3.05, 3.63) is 29.0 Å². The van der Waals surface area contributed by atoms with Crippen LogP contribution in [0.5, 0.6) is 0 Å². The predicted octanol–water partition coefficient (Wildman–Crippen LogP) is 0.862. The van der Waals surface area contributed by atoms with E-state index in [4.69, 9.17) is 9.26 Å². The molecule has 100 valence electrons. The minimum Gasteiger partial charge on any atom is -0.376 e. The number of aromatic nitrogens is 4.